The van der Waals surface area contributed by atoms with Crippen LogP contribution in [0.15, 0.2) is 42.5 Å². The van der Waals surface area contributed by atoms with Crippen molar-refractivity contribution < 1.29 is 9.72 Å². The molecule has 0 atom stereocenters. The number of hydrogen-bond acceptors (Lipinski definition) is 3. The van der Waals surface area contributed by atoms with Crippen molar-refractivity contribution in [1.82, 2.24) is 0 Å². The molecule has 0 bridgehead atoms. The summed E-state index contributed by atoms with van der Waals surface area (Å²) in [5.74, 6) is -0.480. The second-order valence-electron chi connectivity index (χ2n) is 4.20. The molecule has 0 aliphatic rings. The summed E-state index contributed by atoms with van der Waals surface area (Å²) >= 11 is 0. The van der Waals surface area contributed by atoms with Crippen molar-refractivity contribution in [2.24, 2.45) is 5.73 Å². The van der Waals surface area contributed by atoms with Crippen molar-refractivity contribution >= 4 is 11.6 Å². The quantitative estimate of drug-likeness (QED) is 0.676. The lowest BCUT2D eigenvalue weighted by atomic mass is 10.0. The lowest BCUT2D eigenvalue weighted by Crippen LogP contribution is -2.10. The summed E-state index contributed by atoms with van der Waals surface area (Å²) in [5.41, 5.74) is 8.03. The Morgan fingerprint density at radius 2 is 1.68 bits per heavy atom. The van der Waals surface area contributed by atoms with Crippen LogP contribution in [0.5, 0.6) is 0 Å². The fourth-order valence-electron chi connectivity index (χ4n) is 1.87. The summed E-state index contributed by atoms with van der Waals surface area (Å²) in [6, 6.07) is 11.7. The average Bonchev–Trinajstić information content (AvgIpc) is 2.38. The lowest BCUT2D eigenvalue weighted by molar-refractivity contribution is -0.385. The maximum Gasteiger partial charge on any atom is 0.272 e. The zero-order valence-corrected chi connectivity index (χ0v) is 10.3. The Hall–Kier alpha value is -2.69. The molecule has 96 valence electrons. The van der Waals surface area contributed by atoms with Crippen LogP contribution in [0.1, 0.15) is 15.9 Å². The Kier molecular flexibility index (Phi) is 3.29. The van der Waals surface area contributed by atoms with Gasteiger partial charge in [0.25, 0.3) is 5.69 Å². The molecule has 2 aromatic carbocycles. The van der Waals surface area contributed by atoms with E-state index in [1.165, 1.54) is 6.07 Å². The largest absolute Gasteiger partial charge is 0.366 e. The number of nitrogens with zero attached hydrogens (tertiary/aromatic N) is 1. The van der Waals surface area contributed by atoms with Crippen molar-refractivity contribution in [2.75, 3.05) is 0 Å². The molecule has 0 aliphatic carbocycles. The van der Waals surface area contributed by atoms with Gasteiger partial charge in [-0.25, -0.2) is 0 Å². The van der Waals surface area contributed by atoms with Crippen LogP contribution in [0, 0.1) is 17.0 Å². The smallest absolute Gasteiger partial charge is 0.272 e. The van der Waals surface area contributed by atoms with E-state index in [-0.39, 0.29) is 5.69 Å². The number of amides is 1. The van der Waals surface area contributed by atoms with Gasteiger partial charge in [0, 0.05) is 17.2 Å². The first-order valence-electron chi connectivity index (χ1n) is 5.64. The Labute approximate surface area is 109 Å². The number of carbonyl (C=O) groups is 1. The minimum Gasteiger partial charge on any atom is -0.366 e. The van der Waals surface area contributed by atoms with Gasteiger partial charge in [0.05, 0.1) is 4.92 Å². The second kappa shape index (κ2) is 4.89. The third kappa shape index (κ3) is 2.60. The SMILES string of the molecule is Cc1cc(-c2ccc(C(N)=O)cc2)ccc1[N+](=O)[O-]. The van der Waals surface area contributed by atoms with Crippen LogP contribution >= 0.6 is 0 Å². The van der Waals surface area contributed by atoms with Crippen LogP contribution in [0.2, 0.25) is 0 Å². The standard InChI is InChI=1S/C14H12N2O3/c1-9-8-12(6-7-13(9)16(18)19)10-2-4-11(5-3-10)14(15)17/h2-8H,1H3,(H2,15,17). The van der Waals surface area contributed by atoms with E-state index in [4.69, 9.17) is 5.73 Å². The van der Waals surface area contributed by atoms with Crippen LogP contribution < -0.4 is 5.73 Å². The van der Waals surface area contributed by atoms with Gasteiger partial charge in [-0.3, -0.25) is 14.9 Å². The molecule has 0 heterocycles. The molecule has 0 radical (unpaired) electrons. The number of nitro benzene ring substituents is 1. The zero-order chi connectivity index (χ0) is 14.0. The molecule has 2 aromatic rings. The number of nitro groups is 1. The average molecular weight is 256 g/mol. The van der Waals surface area contributed by atoms with Gasteiger partial charge in [-0.1, -0.05) is 12.1 Å². The van der Waals surface area contributed by atoms with Crippen LogP contribution in [0.25, 0.3) is 11.1 Å². The van der Waals surface area contributed by atoms with Gasteiger partial charge >= 0.3 is 0 Å². The van der Waals surface area contributed by atoms with Crippen molar-refractivity contribution in [3.05, 3.63) is 63.7 Å². The van der Waals surface area contributed by atoms with Gasteiger partial charge in [-0.2, -0.15) is 0 Å². The molecular weight excluding hydrogens is 244 g/mol. The predicted molar refractivity (Wildman–Crippen MR) is 71.8 cm³/mol. The van der Waals surface area contributed by atoms with Crippen LogP contribution in [0.4, 0.5) is 5.69 Å². The summed E-state index contributed by atoms with van der Waals surface area (Å²) < 4.78 is 0. The van der Waals surface area contributed by atoms with Gasteiger partial charge in [0.1, 0.15) is 0 Å². The number of nitrogens with two attached hydrogens (primary N) is 1. The van der Waals surface area contributed by atoms with E-state index >= 15 is 0 Å². The summed E-state index contributed by atoms with van der Waals surface area (Å²) in [6.45, 7) is 1.69. The molecule has 2 rings (SSSR count). The fourth-order valence-corrected chi connectivity index (χ4v) is 1.87. The topological polar surface area (TPSA) is 86.2 Å². The Bertz CT molecular complexity index is 648. The highest BCUT2D eigenvalue weighted by Gasteiger charge is 2.11. The van der Waals surface area contributed by atoms with Gasteiger partial charge in [0.15, 0.2) is 0 Å². The van der Waals surface area contributed by atoms with Gasteiger partial charge in [-0.05, 0) is 42.3 Å². The zero-order valence-electron chi connectivity index (χ0n) is 10.3. The maximum absolute atomic E-state index is 11.0. The highest BCUT2D eigenvalue weighted by atomic mass is 16.6. The highest BCUT2D eigenvalue weighted by molar-refractivity contribution is 5.93. The third-order valence-corrected chi connectivity index (χ3v) is 2.90. The molecule has 2 N–H and O–H groups in total. The molecule has 0 aromatic heterocycles. The molecule has 0 unspecified atom stereocenters. The van der Waals surface area contributed by atoms with E-state index in [0.29, 0.717) is 11.1 Å². The van der Waals surface area contributed by atoms with E-state index in [9.17, 15) is 14.9 Å². The summed E-state index contributed by atoms with van der Waals surface area (Å²) in [7, 11) is 0. The number of carbonyl (C=O) groups excluding carboxylic acids is 1. The van der Waals surface area contributed by atoms with E-state index in [2.05, 4.69) is 0 Å². The van der Waals surface area contributed by atoms with Crippen LogP contribution in [-0.4, -0.2) is 10.8 Å². The third-order valence-electron chi connectivity index (χ3n) is 2.90. The second-order valence-corrected chi connectivity index (χ2v) is 4.20. The Balaban J connectivity index is 2.39. The van der Waals surface area contributed by atoms with Crippen molar-refractivity contribution in [3.63, 3.8) is 0 Å². The summed E-state index contributed by atoms with van der Waals surface area (Å²) in [5, 5.41) is 10.7. The molecule has 0 aliphatic heterocycles. The molecule has 19 heavy (non-hydrogen) atoms. The predicted octanol–water partition coefficient (Wildman–Crippen LogP) is 2.67. The highest BCUT2D eigenvalue weighted by Crippen LogP contribution is 2.26. The monoisotopic (exact) mass is 256 g/mol. The molecular formula is C14H12N2O3. The Morgan fingerprint density at radius 1 is 1.11 bits per heavy atom. The normalized spacial score (nSPS) is 10.2. The molecule has 5 nitrogen and oxygen atoms in total. The first kappa shape index (κ1) is 12.8. The summed E-state index contributed by atoms with van der Waals surface area (Å²) in [6.07, 6.45) is 0. The summed E-state index contributed by atoms with van der Waals surface area (Å²) in [4.78, 5) is 21.3. The first-order chi connectivity index (χ1) is 8.99. The number of rotatable bonds is 3. The van der Waals surface area contributed by atoms with E-state index in [1.54, 1.807) is 43.3 Å². The molecule has 0 saturated carbocycles. The number of primary amides is 1. The van der Waals surface area contributed by atoms with Gasteiger partial charge < -0.3 is 5.73 Å². The lowest BCUT2D eigenvalue weighted by Gasteiger charge is -2.04. The van der Waals surface area contributed by atoms with E-state index in [1.807, 2.05) is 0 Å². The molecule has 0 saturated heterocycles. The van der Waals surface area contributed by atoms with E-state index < -0.39 is 10.8 Å². The van der Waals surface area contributed by atoms with E-state index in [0.717, 1.165) is 11.1 Å². The minimum atomic E-state index is -0.480. The maximum atomic E-state index is 11.0. The van der Waals surface area contributed by atoms with Crippen LogP contribution in [-0.2, 0) is 0 Å². The fraction of sp³-hybridized carbons (Fsp3) is 0.0714. The molecule has 0 spiro atoms. The van der Waals surface area contributed by atoms with Crippen molar-refractivity contribution in [3.8, 4) is 11.1 Å². The first-order valence-corrected chi connectivity index (χ1v) is 5.64. The number of benzene rings is 2. The number of hydrogen-bond donors (Lipinski definition) is 1. The Morgan fingerprint density at radius 3 is 2.16 bits per heavy atom. The molecule has 5 heteroatoms. The van der Waals surface area contributed by atoms with Crippen LogP contribution in [0.3, 0.4) is 0 Å². The van der Waals surface area contributed by atoms with Crippen molar-refractivity contribution in [1.29, 1.82) is 0 Å². The van der Waals surface area contributed by atoms with Crippen molar-refractivity contribution in [2.45, 2.75) is 6.92 Å². The molecule has 1 amide bonds. The minimum absolute atomic E-state index is 0.0949. The number of aryl methyl sites for hydroxylation is 1. The molecule has 0 fully saturated rings. The van der Waals surface area contributed by atoms with Gasteiger partial charge in [-0.15, -0.1) is 0 Å². The van der Waals surface area contributed by atoms with Gasteiger partial charge in [0.2, 0.25) is 5.91 Å².